The number of carbonyl (C=O) groups is 2. The summed E-state index contributed by atoms with van der Waals surface area (Å²) in [6.45, 7) is 4.13. The summed E-state index contributed by atoms with van der Waals surface area (Å²) in [6, 6.07) is 8.38. The van der Waals surface area contributed by atoms with Gasteiger partial charge in [-0.3, -0.25) is 4.79 Å². The highest BCUT2D eigenvalue weighted by Crippen LogP contribution is 2.33. The second-order valence-corrected chi connectivity index (χ2v) is 8.89. The molecule has 1 amide bonds. The summed E-state index contributed by atoms with van der Waals surface area (Å²) in [5.41, 5.74) is 1.60. The number of halogens is 2. The predicted molar refractivity (Wildman–Crippen MR) is 131 cm³/mol. The Kier molecular flexibility index (Phi) is 6.53. The number of fused-ring (bicyclic) bond motifs is 2. The van der Waals surface area contributed by atoms with Gasteiger partial charge in [-0.2, -0.15) is 0 Å². The van der Waals surface area contributed by atoms with Crippen LogP contribution in [0.2, 0.25) is 10.0 Å². The molecule has 1 saturated heterocycles. The van der Waals surface area contributed by atoms with Crippen LogP contribution in [-0.4, -0.2) is 66.3 Å². The van der Waals surface area contributed by atoms with Crippen LogP contribution in [0.3, 0.4) is 0 Å². The van der Waals surface area contributed by atoms with E-state index in [1.165, 1.54) is 0 Å². The third-order valence-electron chi connectivity index (χ3n) is 5.86. The van der Waals surface area contributed by atoms with E-state index in [4.69, 9.17) is 42.4 Å². The quantitative estimate of drug-likeness (QED) is 0.476. The summed E-state index contributed by atoms with van der Waals surface area (Å²) in [5.74, 6) is 0.928. The zero-order chi connectivity index (χ0) is 24.5. The van der Waals surface area contributed by atoms with Crippen LogP contribution in [0, 0.1) is 0 Å². The molecule has 5 rings (SSSR count). The molecule has 2 aliphatic heterocycles. The first-order chi connectivity index (χ1) is 16.9. The van der Waals surface area contributed by atoms with Crippen LogP contribution < -0.4 is 14.4 Å². The summed E-state index contributed by atoms with van der Waals surface area (Å²) >= 11 is 12.3. The first-order valence-corrected chi connectivity index (χ1v) is 12.0. The lowest BCUT2D eigenvalue weighted by atomic mass is 10.1. The van der Waals surface area contributed by atoms with Crippen LogP contribution in [-0.2, 0) is 4.74 Å². The fraction of sp³-hybridized carbons (Fsp3) is 0.333. The van der Waals surface area contributed by atoms with Gasteiger partial charge in [-0.15, -0.1) is 0 Å². The van der Waals surface area contributed by atoms with Gasteiger partial charge >= 0.3 is 5.97 Å². The van der Waals surface area contributed by atoms with Crippen molar-refractivity contribution in [1.82, 2.24) is 14.9 Å². The Labute approximate surface area is 211 Å². The van der Waals surface area contributed by atoms with E-state index in [2.05, 4.69) is 4.98 Å². The van der Waals surface area contributed by atoms with Crippen LogP contribution in [0.5, 0.6) is 11.5 Å². The second kappa shape index (κ2) is 9.75. The minimum atomic E-state index is -0.569. The standard InChI is InChI=1S/C24H22Cl2N4O5/c1-2-33-24(32)21-22(28-18-12-16(26)15(25)11-17(18)27-21)29-6-3-7-30(9-8-29)23(31)14-4-5-19-20(10-14)35-13-34-19/h4-5,10-12H,2-3,6-9,13H2,1H3. The van der Waals surface area contributed by atoms with Crippen molar-refractivity contribution in [3.05, 3.63) is 51.6 Å². The molecule has 3 aromatic rings. The number of esters is 1. The van der Waals surface area contributed by atoms with Crippen molar-refractivity contribution in [3.63, 3.8) is 0 Å². The number of carbonyl (C=O) groups excluding carboxylic acids is 2. The highest BCUT2D eigenvalue weighted by atomic mass is 35.5. The molecule has 9 nitrogen and oxygen atoms in total. The molecule has 3 heterocycles. The fourth-order valence-corrected chi connectivity index (χ4v) is 4.46. The van der Waals surface area contributed by atoms with Crippen molar-refractivity contribution >= 4 is 51.9 Å². The number of aromatic nitrogens is 2. The molecule has 182 valence electrons. The second-order valence-electron chi connectivity index (χ2n) is 8.07. The highest BCUT2D eigenvalue weighted by Gasteiger charge is 2.27. The zero-order valence-electron chi connectivity index (χ0n) is 18.9. The van der Waals surface area contributed by atoms with Crippen molar-refractivity contribution in [2.45, 2.75) is 13.3 Å². The topological polar surface area (TPSA) is 94.1 Å². The maximum atomic E-state index is 13.2. The minimum Gasteiger partial charge on any atom is -0.461 e. The maximum absolute atomic E-state index is 13.2. The van der Waals surface area contributed by atoms with Crippen molar-refractivity contribution < 1.29 is 23.8 Å². The summed E-state index contributed by atoms with van der Waals surface area (Å²) in [4.78, 5) is 38.9. The van der Waals surface area contributed by atoms with E-state index in [1.807, 2.05) is 4.90 Å². The SMILES string of the molecule is CCOC(=O)c1nc2cc(Cl)c(Cl)cc2nc1N1CCCN(C(=O)c2ccc3c(c2)OCO3)CC1. The summed E-state index contributed by atoms with van der Waals surface area (Å²) in [6.07, 6.45) is 0.680. The predicted octanol–water partition coefficient (Wildman–Crippen LogP) is 4.19. The molecule has 0 unspecified atom stereocenters. The third-order valence-corrected chi connectivity index (χ3v) is 6.58. The molecule has 0 radical (unpaired) electrons. The fourth-order valence-electron chi connectivity index (χ4n) is 4.14. The summed E-state index contributed by atoms with van der Waals surface area (Å²) in [7, 11) is 0. The molecule has 0 saturated carbocycles. The van der Waals surface area contributed by atoms with Crippen LogP contribution in [0.1, 0.15) is 34.2 Å². The first kappa shape index (κ1) is 23.4. The van der Waals surface area contributed by atoms with Gasteiger partial charge in [0.15, 0.2) is 23.0 Å². The van der Waals surface area contributed by atoms with Gasteiger partial charge in [0.25, 0.3) is 5.91 Å². The van der Waals surface area contributed by atoms with Gasteiger partial charge in [0.2, 0.25) is 6.79 Å². The Balaban J connectivity index is 1.42. The van der Waals surface area contributed by atoms with E-state index in [9.17, 15) is 9.59 Å². The van der Waals surface area contributed by atoms with Gasteiger partial charge in [0, 0.05) is 31.7 Å². The Morgan fingerprint density at radius 1 is 0.971 bits per heavy atom. The third kappa shape index (κ3) is 4.66. The molecule has 0 atom stereocenters. The normalized spacial score (nSPS) is 15.3. The monoisotopic (exact) mass is 516 g/mol. The van der Waals surface area contributed by atoms with Crippen LogP contribution in [0.4, 0.5) is 5.82 Å². The molecule has 2 aromatic carbocycles. The molecule has 11 heteroatoms. The van der Waals surface area contributed by atoms with Gasteiger partial charge in [-0.25, -0.2) is 14.8 Å². The molecule has 0 spiro atoms. The lowest BCUT2D eigenvalue weighted by molar-refractivity contribution is 0.0520. The van der Waals surface area contributed by atoms with E-state index < -0.39 is 5.97 Å². The maximum Gasteiger partial charge on any atom is 0.360 e. The number of ether oxygens (including phenoxy) is 3. The lowest BCUT2D eigenvalue weighted by Gasteiger charge is -2.24. The molecule has 0 bridgehead atoms. The number of rotatable bonds is 4. The number of anilines is 1. The Hall–Kier alpha value is -3.30. The van der Waals surface area contributed by atoms with E-state index in [0.717, 1.165) is 0 Å². The average Bonchev–Trinajstić information content (AvgIpc) is 3.19. The lowest BCUT2D eigenvalue weighted by Crippen LogP contribution is -2.36. The molecule has 0 N–H and O–H groups in total. The first-order valence-electron chi connectivity index (χ1n) is 11.2. The van der Waals surface area contributed by atoms with Crippen molar-refractivity contribution in [2.24, 2.45) is 0 Å². The largest absolute Gasteiger partial charge is 0.461 e. The number of benzene rings is 2. The van der Waals surface area contributed by atoms with E-state index in [-0.39, 0.29) is 25.0 Å². The van der Waals surface area contributed by atoms with Gasteiger partial charge in [0.05, 0.1) is 27.7 Å². The average molecular weight is 517 g/mol. The molecule has 2 aliphatic rings. The molecule has 35 heavy (non-hydrogen) atoms. The van der Waals surface area contributed by atoms with Crippen LogP contribution in [0.15, 0.2) is 30.3 Å². The molecule has 0 aliphatic carbocycles. The van der Waals surface area contributed by atoms with Gasteiger partial charge in [-0.05, 0) is 43.7 Å². The summed E-state index contributed by atoms with van der Waals surface area (Å²) < 4.78 is 16.0. The highest BCUT2D eigenvalue weighted by molar-refractivity contribution is 6.42. The molecular weight excluding hydrogens is 495 g/mol. The van der Waals surface area contributed by atoms with Crippen molar-refractivity contribution in [3.8, 4) is 11.5 Å². The van der Waals surface area contributed by atoms with Crippen LogP contribution >= 0.6 is 23.2 Å². The van der Waals surface area contributed by atoms with Crippen molar-refractivity contribution in [2.75, 3.05) is 44.5 Å². The van der Waals surface area contributed by atoms with E-state index >= 15 is 0 Å². The van der Waals surface area contributed by atoms with Gasteiger partial charge in [0.1, 0.15) is 0 Å². The van der Waals surface area contributed by atoms with Gasteiger partial charge in [-0.1, -0.05) is 23.2 Å². The zero-order valence-corrected chi connectivity index (χ0v) is 20.4. The Morgan fingerprint density at radius 2 is 1.71 bits per heavy atom. The number of hydrogen-bond donors (Lipinski definition) is 0. The molecular formula is C24H22Cl2N4O5. The molecule has 1 fully saturated rings. The smallest absolute Gasteiger partial charge is 0.360 e. The van der Waals surface area contributed by atoms with Crippen LogP contribution in [0.25, 0.3) is 11.0 Å². The minimum absolute atomic E-state index is 0.0956. The van der Waals surface area contributed by atoms with Crippen molar-refractivity contribution in [1.29, 1.82) is 0 Å². The van der Waals surface area contributed by atoms with E-state index in [0.29, 0.717) is 76.6 Å². The van der Waals surface area contributed by atoms with Gasteiger partial charge < -0.3 is 24.0 Å². The van der Waals surface area contributed by atoms with E-state index in [1.54, 1.807) is 42.2 Å². The number of hydrogen-bond acceptors (Lipinski definition) is 8. The molecule has 1 aromatic heterocycles. The summed E-state index contributed by atoms with van der Waals surface area (Å²) in [5, 5.41) is 0.670. The number of nitrogens with zero attached hydrogens (tertiary/aromatic N) is 4. The Morgan fingerprint density at radius 3 is 2.49 bits per heavy atom. The Bertz CT molecular complexity index is 1320. The number of amides is 1.